The third-order valence-electron chi connectivity index (χ3n) is 4.19. The van der Waals surface area contributed by atoms with Crippen molar-refractivity contribution >= 4 is 16.8 Å². The van der Waals surface area contributed by atoms with Gasteiger partial charge in [0.15, 0.2) is 5.76 Å². The molecular weight excluding hydrogens is 262 g/mol. The topological polar surface area (TPSA) is 43.1 Å². The first kappa shape index (κ1) is 12.3. The van der Waals surface area contributed by atoms with Gasteiger partial charge in [0, 0.05) is 11.6 Å². The van der Waals surface area contributed by atoms with Gasteiger partial charge in [-0.2, -0.15) is 0 Å². The quantitative estimate of drug-likeness (QED) is 0.664. The second kappa shape index (κ2) is 4.55. The number of aromatic nitrogens is 1. The van der Waals surface area contributed by atoms with Crippen molar-refractivity contribution in [3.05, 3.63) is 65.2 Å². The van der Waals surface area contributed by atoms with Gasteiger partial charge in [-0.25, -0.2) is 0 Å². The Morgan fingerprint density at radius 2 is 2.19 bits per heavy atom. The average Bonchev–Trinajstić information content (AvgIpc) is 3.09. The number of furan rings is 1. The van der Waals surface area contributed by atoms with Crippen LogP contribution in [0.5, 0.6) is 0 Å². The Balaban J connectivity index is 1.74. The summed E-state index contributed by atoms with van der Waals surface area (Å²) in [5, 5.41) is 0.984. The molecule has 1 atom stereocenters. The van der Waals surface area contributed by atoms with Crippen molar-refractivity contribution in [2.75, 3.05) is 0 Å². The van der Waals surface area contributed by atoms with Crippen LogP contribution in [0.15, 0.2) is 47.0 Å². The number of ketones is 1. The van der Waals surface area contributed by atoms with Crippen molar-refractivity contribution < 1.29 is 9.21 Å². The van der Waals surface area contributed by atoms with Gasteiger partial charge in [-0.1, -0.05) is 17.7 Å². The van der Waals surface area contributed by atoms with Gasteiger partial charge in [-0.15, -0.1) is 0 Å². The third kappa shape index (κ3) is 1.97. The van der Waals surface area contributed by atoms with Crippen molar-refractivity contribution in [3.8, 4) is 0 Å². The third-order valence-corrected chi connectivity index (χ3v) is 4.19. The highest BCUT2D eigenvalue weighted by atomic mass is 16.3. The van der Waals surface area contributed by atoms with E-state index in [0.717, 1.165) is 35.1 Å². The fourth-order valence-corrected chi connectivity index (χ4v) is 3.12. The molecule has 0 fully saturated rings. The number of carbonyl (C=O) groups excluding carboxylic acids is 1. The maximum Gasteiger partial charge on any atom is 0.207 e. The van der Waals surface area contributed by atoms with Crippen LogP contribution in [-0.4, -0.2) is 10.8 Å². The zero-order valence-corrected chi connectivity index (χ0v) is 11.8. The zero-order chi connectivity index (χ0) is 14.4. The highest BCUT2D eigenvalue weighted by Crippen LogP contribution is 2.35. The van der Waals surface area contributed by atoms with Gasteiger partial charge in [0.1, 0.15) is 5.58 Å². The van der Waals surface area contributed by atoms with E-state index in [2.05, 4.69) is 11.1 Å². The fourth-order valence-electron chi connectivity index (χ4n) is 3.12. The molecule has 0 bridgehead atoms. The number of hydrogen-bond donors (Lipinski definition) is 0. The molecule has 104 valence electrons. The maximum atomic E-state index is 12.7. The van der Waals surface area contributed by atoms with Crippen LogP contribution in [0.2, 0.25) is 0 Å². The van der Waals surface area contributed by atoms with Crippen LogP contribution >= 0.6 is 0 Å². The number of nitrogens with zero attached hydrogens (tertiary/aromatic N) is 1. The summed E-state index contributed by atoms with van der Waals surface area (Å²) in [7, 11) is 0. The first-order valence-corrected chi connectivity index (χ1v) is 7.20. The first-order valence-electron chi connectivity index (χ1n) is 7.20. The lowest BCUT2D eigenvalue weighted by atomic mass is 9.99. The molecule has 1 unspecified atom stereocenters. The van der Waals surface area contributed by atoms with E-state index in [1.165, 1.54) is 5.56 Å². The zero-order valence-electron chi connectivity index (χ0n) is 11.8. The van der Waals surface area contributed by atoms with Crippen molar-refractivity contribution in [3.63, 3.8) is 0 Å². The lowest BCUT2D eigenvalue weighted by Gasteiger charge is -2.06. The SMILES string of the molecule is Cc1ccc2oc(C(=O)C3CCc4cccnc43)cc2c1. The largest absolute Gasteiger partial charge is 0.453 e. The smallest absolute Gasteiger partial charge is 0.207 e. The van der Waals surface area contributed by atoms with E-state index < -0.39 is 0 Å². The number of fused-ring (bicyclic) bond motifs is 2. The summed E-state index contributed by atoms with van der Waals surface area (Å²) in [6.45, 7) is 2.03. The molecule has 0 saturated carbocycles. The minimum atomic E-state index is -0.164. The summed E-state index contributed by atoms with van der Waals surface area (Å²) in [4.78, 5) is 17.1. The Hall–Kier alpha value is -2.42. The van der Waals surface area contributed by atoms with Crippen molar-refractivity contribution in [1.29, 1.82) is 0 Å². The van der Waals surface area contributed by atoms with Crippen molar-refractivity contribution in [2.45, 2.75) is 25.7 Å². The summed E-state index contributed by atoms with van der Waals surface area (Å²) in [5.74, 6) is 0.322. The Labute approximate surface area is 122 Å². The number of hydrogen-bond acceptors (Lipinski definition) is 3. The standard InChI is InChI=1S/C18H15NO2/c1-11-4-7-15-13(9-11)10-16(21-15)18(20)14-6-5-12-3-2-8-19-17(12)14/h2-4,7-10,14H,5-6H2,1H3. The number of aryl methyl sites for hydroxylation is 2. The van der Waals surface area contributed by atoms with E-state index in [1.54, 1.807) is 6.20 Å². The van der Waals surface area contributed by atoms with Gasteiger partial charge in [0.2, 0.25) is 5.78 Å². The molecule has 0 radical (unpaired) electrons. The molecule has 0 spiro atoms. The minimum Gasteiger partial charge on any atom is -0.453 e. The van der Waals surface area contributed by atoms with E-state index >= 15 is 0 Å². The monoisotopic (exact) mass is 277 g/mol. The maximum absolute atomic E-state index is 12.7. The van der Waals surface area contributed by atoms with Crippen LogP contribution in [0.1, 0.15) is 39.7 Å². The number of rotatable bonds is 2. The highest BCUT2D eigenvalue weighted by Gasteiger charge is 2.32. The number of benzene rings is 1. The molecule has 3 heteroatoms. The van der Waals surface area contributed by atoms with Gasteiger partial charge in [0.05, 0.1) is 11.6 Å². The molecule has 2 aromatic heterocycles. The van der Waals surface area contributed by atoms with Gasteiger partial charge >= 0.3 is 0 Å². The molecule has 3 aromatic rings. The normalized spacial score (nSPS) is 17.1. The molecule has 0 aliphatic heterocycles. The van der Waals surface area contributed by atoms with E-state index in [1.807, 2.05) is 37.3 Å². The molecule has 3 nitrogen and oxygen atoms in total. The number of Topliss-reactive ketones (excluding diaryl/α,β-unsaturated/α-hetero) is 1. The predicted molar refractivity (Wildman–Crippen MR) is 80.6 cm³/mol. The molecule has 1 aromatic carbocycles. The molecule has 0 N–H and O–H groups in total. The summed E-state index contributed by atoms with van der Waals surface area (Å²) in [6.07, 6.45) is 3.49. The molecule has 1 aliphatic rings. The lowest BCUT2D eigenvalue weighted by molar-refractivity contribution is 0.0933. The molecule has 2 heterocycles. The summed E-state index contributed by atoms with van der Waals surface area (Å²) in [6, 6.07) is 11.8. The summed E-state index contributed by atoms with van der Waals surface area (Å²) < 4.78 is 5.73. The van der Waals surface area contributed by atoms with Gasteiger partial charge in [-0.3, -0.25) is 9.78 Å². The van der Waals surface area contributed by atoms with Crippen LogP contribution in [0, 0.1) is 6.92 Å². The summed E-state index contributed by atoms with van der Waals surface area (Å²) >= 11 is 0. The van der Waals surface area contributed by atoms with Gasteiger partial charge < -0.3 is 4.42 Å². The lowest BCUT2D eigenvalue weighted by Crippen LogP contribution is -2.10. The van der Waals surface area contributed by atoms with Crippen LogP contribution in [-0.2, 0) is 6.42 Å². The Bertz CT molecular complexity index is 847. The fraction of sp³-hybridized carbons (Fsp3) is 0.222. The molecule has 21 heavy (non-hydrogen) atoms. The molecule has 4 rings (SSSR count). The molecule has 0 saturated heterocycles. The van der Waals surface area contributed by atoms with Crippen LogP contribution in [0.25, 0.3) is 11.0 Å². The van der Waals surface area contributed by atoms with Gasteiger partial charge in [0.25, 0.3) is 0 Å². The van der Waals surface area contributed by atoms with E-state index in [9.17, 15) is 4.79 Å². The molecule has 1 aliphatic carbocycles. The van der Waals surface area contributed by atoms with Crippen LogP contribution < -0.4 is 0 Å². The van der Waals surface area contributed by atoms with E-state index in [4.69, 9.17) is 4.42 Å². The van der Waals surface area contributed by atoms with Gasteiger partial charge in [-0.05, 0) is 49.6 Å². The van der Waals surface area contributed by atoms with E-state index in [-0.39, 0.29) is 11.7 Å². The van der Waals surface area contributed by atoms with E-state index in [0.29, 0.717) is 5.76 Å². The Morgan fingerprint density at radius 3 is 3.10 bits per heavy atom. The minimum absolute atomic E-state index is 0.0429. The van der Waals surface area contributed by atoms with Crippen molar-refractivity contribution in [2.24, 2.45) is 0 Å². The Morgan fingerprint density at radius 1 is 1.29 bits per heavy atom. The summed E-state index contributed by atoms with van der Waals surface area (Å²) in [5.41, 5.74) is 4.03. The predicted octanol–water partition coefficient (Wildman–Crippen LogP) is 4.05. The highest BCUT2D eigenvalue weighted by molar-refractivity contribution is 6.02. The molecule has 0 amide bonds. The Kier molecular flexibility index (Phi) is 2.67. The first-order chi connectivity index (χ1) is 10.2. The number of carbonyl (C=O) groups is 1. The second-order valence-electron chi connectivity index (χ2n) is 5.66. The van der Waals surface area contributed by atoms with Crippen LogP contribution in [0.3, 0.4) is 0 Å². The molecular formula is C18H15NO2. The van der Waals surface area contributed by atoms with Crippen molar-refractivity contribution in [1.82, 2.24) is 4.98 Å². The second-order valence-corrected chi connectivity index (χ2v) is 5.66. The number of pyridine rings is 1. The van der Waals surface area contributed by atoms with Crippen LogP contribution in [0.4, 0.5) is 0 Å². The average molecular weight is 277 g/mol.